The normalized spacial score (nSPS) is 22.9. The fraction of sp³-hybridized carbons (Fsp3) is 0.459. The first-order valence-corrected chi connectivity index (χ1v) is 16.5. The highest BCUT2D eigenvalue weighted by Crippen LogP contribution is 2.42. The van der Waals surface area contributed by atoms with Crippen LogP contribution in [-0.2, 0) is 36.9 Å². The van der Waals surface area contributed by atoms with Crippen molar-refractivity contribution in [3.63, 3.8) is 0 Å². The highest BCUT2D eigenvalue weighted by molar-refractivity contribution is 5.81. The predicted octanol–water partition coefficient (Wildman–Crippen LogP) is 5.11. The van der Waals surface area contributed by atoms with Gasteiger partial charge in [-0.3, -0.25) is 9.69 Å². The van der Waals surface area contributed by atoms with Gasteiger partial charge in [-0.2, -0.15) is 0 Å². The molecule has 0 bridgehead atoms. The Bertz CT molecular complexity index is 1450. The third-order valence-corrected chi connectivity index (χ3v) is 9.05. The third-order valence-electron chi connectivity index (χ3n) is 9.05. The number of methoxy groups -OCH3 is 1. The lowest BCUT2D eigenvalue weighted by Gasteiger charge is -2.43. The van der Waals surface area contributed by atoms with E-state index in [2.05, 4.69) is 34.6 Å². The summed E-state index contributed by atoms with van der Waals surface area (Å²) in [6.07, 6.45) is 1.47. The molecule has 5 rings (SSSR count). The second kappa shape index (κ2) is 16.9. The van der Waals surface area contributed by atoms with Crippen molar-refractivity contribution in [3.05, 3.63) is 95.1 Å². The molecule has 3 aromatic carbocycles. The average molecular weight is 646 g/mol. The summed E-state index contributed by atoms with van der Waals surface area (Å²) < 4.78 is 23.8. The van der Waals surface area contributed by atoms with E-state index in [0.717, 1.165) is 59.3 Å². The van der Waals surface area contributed by atoms with Crippen molar-refractivity contribution in [2.75, 3.05) is 40.0 Å². The number of hydrogen-bond acceptors (Lipinski definition) is 8. The smallest absolute Gasteiger partial charge is 0.325 e. The molecule has 2 heterocycles. The van der Waals surface area contributed by atoms with Crippen LogP contribution in [0, 0.1) is 5.92 Å². The van der Waals surface area contributed by atoms with E-state index in [-0.39, 0.29) is 44.4 Å². The van der Waals surface area contributed by atoms with Crippen LogP contribution >= 0.6 is 0 Å². The van der Waals surface area contributed by atoms with E-state index in [1.807, 2.05) is 60.7 Å². The molecule has 0 unspecified atom stereocenters. The zero-order valence-corrected chi connectivity index (χ0v) is 27.5. The monoisotopic (exact) mass is 645 g/mol. The predicted molar refractivity (Wildman–Crippen MR) is 178 cm³/mol. The molecular formula is C37H47N3O7. The number of rotatable bonds is 13. The standard InChI is InChI=1S/C37H47N3O7/c1-4-45-34(42)21-39-37(43)38-20-30-8-5-6-10-32(30)27-15-17-29(18-16-27)36-46-33(22-40-19-7-9-31(40)24-44-3)25(2)35(47-36)28-13-11-26(23-41)12-14-28/h5-6,8,10-18,25,31,33,35-36,41H,4,7,9,19-24H2,1-3H3,(H2,38,39,43)/t25-,31+,33+,35+,36+/m1/s1. The average Bonchev–Trinajstić information content (AvgIpc) is 3.54. The van der Waals surface area contributed by atoms with Crippen molar-refractivity contribution in [1.29, 1.82) is 0 Å². The van der Waals surface area contributed by atoms with Crippen LogP contribution in [0.5, 0.6) is 0 Å². The highest BCUT2D eigenvalue weighted by Gasteiger charge is 2.40. The van der Waals surface area contributed by atoms with Crippen molar-refractivity contribution < 1.29 is 33.6 Å². The zero-order chi connectivity index (χ0) is 33.2. The van der Waals surface area contributed by atoms with Gasteiger partial charge in [-0.25, -0.2) is 4.79 Å². The minimum Gasteiger partial charge on any atom is -0.465 e. The van der Waals surface area contributed by atoms with E-state index in [9.17, 15) is 14.7 Å². The summed E-state index contributed by atoms with van der Waals surface area (Å²) in [5.74, 6) is -0.379. The fourth-order valence-electron chi connectivity index (χ4n) is 6.45. The molecular weight excluding hydrogens is 598 g/mol. The summed E-state index contributed by atoms with van der Waals surface area (Å²) in [6, 6.07) is 24.0. The summed E-state index contributed by atoms with van der Waals surface area (Å²) >= 11 is 0. The number of hydrogen-bond donors (Lipinski definition) is 3. The van der Waals surface area contributed by atoms with Crippen molar-refractivity contribution >= 4 is 12.0 Å². The van der Waals surface area contributed by atoms with Gasteiger partial charge in [0.15, 0.2) is 6.29 Å². The maximum absolute atomic E-state index is 12.3. The molecule has 47 heavy (non-hydrogen) atoms. The number of aliphatic hydroxyl groups excluding tert-OH is 1. The number of ether oxygens (including phenoxy) is 4. The van der Waals surface area contributed by atoms with Gasteiger partial charge in [0.05, 0.1) is 32.0 Å². The molecule has 0 radical (unpaired) electrons. The van der Waals surface area contributed by atoms with Crippen LogP contribution in [0.3, 0.4) is 0 Å². The lowest BCUT2D eigenvalue weighted by atomic mass is 9.89. The van der Waals surface area contributed by atoms with Gasteiger partial charge < -0.3 is 34.7 Å². The molecule has 5 atom stereocenters. The minimum atomic E-state index is -0.559. The number of aliphatic hydroxyl groups is 1. The first-order chi connectivity index (χ1) is 22.9. The molecule has 10 heteroatoms. The Morgan fingerprint density at radius 2 is 1.72 bits per heavy atom. The highest BCUT2D eigenvalue weighted by atomic mass is 16.7. The molecule has 0 saturated carbocycles. The maximum atomic E-state index is 12.3. The molecule has 3 aromatic rings. The second-order valence-electron chi connectivity index (χ2n) is 12.2. The van der Waals surface area contributed by atoms with Gasteiger partial charge in [0.25, 0.3) is 0 Å². The number of esters is 1. The van der Waals surface area contributed by atoms with E-state index >= 15 is 0 Å². The van der Waals surface area contributed by atoms with Crippen molar-refractivity contribution in [3.8, 4) is 11.1 Å². The van der Waals surface area contributed by atoms with Crippen LogP contribution in [0.2, 0.25) is 0 Å². The topological polar surface area (TPSA) is 119 Å². The molecule has 2 amide bonds. The first kappa shape index (κ1) is 34.5. The van der Waals surface area contributed by atoms with Crippen molar-refractivity contribution in [1.82, 2.24) is 15.5 Å². The molecule has 2 aliphatic rings. The van der Waals surface area contributed by atoms with Gasteiger partial charge >= 0.3 is 12.0 Å². The maximum Gasteiger partial charge on any atom is 0.325 e. The SMILES string of the molecule is CCOC(=O)CNC(=O)NCc1ccccc1-c1ccc([C@H]2O[C@@H](CN3CCC[C@H]3COC)[C@@H](C)[C@@H](c3ccc(CO)cc3)O2)cc1. The Hall–Kier alpha value is -3.80. The van der Waals surface area contributed by atoms with Gasteiger partial charge in [-0.15, -0.1) is 0 Å². The van der Waals surface area contributed by atoms with E-state index < -0.39 is 18.3 Å². The number of amides is 2. The van der Waals surface area contributed by atoms with Crippen LogP contribution < -0.4 is 10.6 Å². The van der Waals surface area contributed by atoms with Gasteiger partial charge in [0.1, 0.15) is 6.54 Å². The number of likely N-dealkylation sites (tertiary alicyclic amines) is 1. The van der Waals surface area contributed by atoms with Gasteiger partial charge in [0, 0.05) is 37.7 Å². The summed E-state index contributed by atoms with van der Waals surface area (Å²) in [5, 5.41) is 14.9. The zero-order valence-electron chi connectivity index (χ0n) is 27.5. The first-order valence-electron chi connectivity index (χ1n) is 16.5. The number of carbonyl (C=O) groups is 2. The third kappa shape index (κ3) is 8.97. The Balaban J connectivity index is 1.32. The Kier molecular flexibility index (Phi) is 12.4. The molecule has 3 N–H and O–H groups in total. The Morgan fingerprint density at radius 1 is 0.979 bits per heavy atom. The molecule has 2 fully saturated rings. The largest absolute Gasteiger partial charge is 0.465 e. The van der Waals surface area contributed by atoms with Crippen molar-refractivity contribution in [2.24, 2.45) is 5.92 Å². The molecule has 252 valence electrons. The van der Waals surface area contributed by atoms with Crippen molar-refractivity contribution in [2.45, 2.75) is 64.4 Å². The van der Waals surface area contributed by atoms with Gasteiger partial charge in [-0.1, -0.05) is 79.7 Å². The summed E-state index contributed by atoms with van der Waals surface area (Å²) in [4.78, 5) is 26.3. The molecule has 0 spiro atoms. The van der Waals surface area contributed by atoms with Crippen LogP contribution in [0.15, 0.2) is 72.8 Å². The number of benzene rings is 3. The van der Waals surface area contributed by atoms with Crippen LogP contribution in [0.1, 0.15) is 61.3 Å². The fourth-order valence-corrected chi connectivity index (χ4v) is 6.45. The molecule has 2 saturated heterocycles. The molecule has 0 aliphatic carbocycles. The number of nitrogens with one attached hydrogen (secondary N) is 2. The van der Waals surface area contributed by atoms with Gasteiger partial charge in [-0.05, 0) is 54.1 Å². The van der Waals surface area contributed by atoms with E-state index in [4.69, 9.17) is 18.9 Å². The van der Waals surface area contributed by atoms with Crippen LogP contribution in [0.4, 0.5) is 4.79 Å². The van der Waals surface area contributed by atoms with Crippen LogP contribution in [-0.4, -0.2) is 74.1 Å². The number of nitrogens with zero attached hydrogens (tertiary/aromatic N) is 1. The van der Waals surface area contributed by atoms with E-state index in [0.29, 0.717) is 12.6 Å². The van der Waals surface area contributed by atoms with E-state index in [1.165, 1.54) is 0 Å². The molecule has 0 aromatic heterocycles. The quantitative estimate of drug-likeness (QED) is 0.220. The summed E-state index contributed by atoms with van der Waals surface area (Å²) in [6.45, 7) is 6.82. The van der Waals surface area contributed by atoms with Gasteiger partial charge in [0.2, 0.25) is 0 Å². The Morgan fingerprint density at radius 3 is 2.45 bits per heavy atom. The lowest BCUT2D eigenvalue weighted by Crippen LogP contribution is -2.46. The lowest BCUT2D eigenvalue weighted by molar-refractivity contribution is -0.276. The molecule has 2 aliphatic heterocycles. The Labute approximate surface area is 277 Å². The second-order valence-corrected chi connectivity index (χ2v) is 12.2. The van der Waals surface area contributed by atoms with Crippen LogP contribution in [0.25, 0.3) is 11.1 Å². The minimum absolute atomic E-state index is 0.000211. The number of carbonyl (C=O) groups excluding carboxylic acids is 2. The van der Waals surface area contributed by atoms with E-state index in [1.54, 1.807) is 14.0 Å². The summed E-state index contributed by atoms with van der Waals surface area (Å²) in [5.41, 5.74) is 5.77. The summed E-state index contributed by atoms with van der Waals surface area (Å²) in [7, 11) is 1.76. The number of urea groups is 1. The molecule has 10 nitrogen and oxygen atoms in total.